The first-order valence-corrected chi connectivity index (χ1v) is 10.2. The fourth-order valence-electron chi connectivity index (χ4n) is 2.06. The second-order valence-corrected chi connectivity index (χ2v) is 8.77. The molecule has 0 saturated heterocycles. The second kappa shape index (κ2) is 7.03. The first kappa shape index (κ1) is 15.2. The Morgan fingerprint density at radius 3 is 1.85 bits per heavy atom. The van der Waals surface area contributed by atoms with E-state index in [1.807, 2.05) is 11.1 Å². The number of nitrogens with zero attached hydrogens (tertiary/aromatic N) is 4. The Morgan fingerprint density at radius 1 is 1.10 bits per heavy atom. The van der Waals surface area contributed by atoms with Crippen LogP contribution in [0.4, 0.5) is 0 Å². The Balaban J connectivity index is 1.80. The third-order valence-corrected chi connectivity index (χ3v) is 6.55. The Morgan fingerprint density at radius 2 is 1.55 bits per heavy atom. The van der Waals surface area contributed by atoms with Gasteiger partial charge in [-0.1, -0.05) is 0 Å². The van der Waals surface area contributed by atoms with Gasteiger partial charge in [0, 0.05) is 0 Å². The Kier molecular flexibility index (Phi) is 5.36. The number of thiol groups is 2. The van der Waals surface area contributed by atoms with Crippen LogP contribution in [0, 0.1) is 5.92 Å². The zero-order valence-electron chi connectivity index (χ0n) is 11.6. The smallest absolute Gasteiger partial charge is 0.306 e. The number of carbonyl (C=O) groups is 1. The summed E-state index contributed by atoms with van der Waals surface area (Å²) >= 11 is 0. The lowest BCUT2D eigenvalue weighted by molar-refractivity contribution is -0.142. The molecular formula is C12H20N4O2S2. The lowest BCUT2D eigenvalue weighted by Gasteiger charge is -2.15. The highest BCUT2D eigenvalue weighted by atomic mass is 32.2. The number of carboxylic acid groups (broad SMARTS) is 1. The van der Waals surface area contributed by atoms with E-state index in [4.69, 9.17) is 0 Å². The quantitative estimate of drug-likeness (QED) is 0.629. The molecule has 0 radical (unpaired) electrons. The van der Waals surface area contributed by atoms with Crippen molar-refractivity contribution in [2.75, 3.05) is 12.5 Å². The molecule has 0 saturated carbocycles. The van der Waals surface area contributed by atoms with Crippen molar-refractivity contribution in [2.45, 2.75) is 25.7 Å². The van der Waals surface area contributed by atoms with Gasteiger partial charge in [-0.3, -0.25) is 4.79 Å². The zero-order chi connectivity index (χ0) is 14.5. The molecule has 0 aliphatic carbocycles. The van der Waals surface area contributed by atoms with E-state index in [0.717, 1.165) is 22.9 Å². The van der Waals surface area contributed by atoms with Gasteiger partial charge in [-0.2, -0.15) is 32.0 Å². The van der Waals surface area contributed by atoms with Crippen LogP contribution in [0.3, 0.4) is 0 Å². The molecule has 0 fully saturated rings. The molecule has 2 aliphatic heterocycles. The summed E-state index contributed by atoms with van der Waals surface area (Å²) in [5.74, 6) is -1.07. The highest BCUT2D eigenvalue weighted by Crippen LogP contribution is 2.31. The minimum absolute atomic E-state index is 0.339. The maximum Gasteiger partial charge on any atom is 0.306 e. The number of hydrogen-bond acceptors (Lipinski definition) is 5. The molecule has 20 heavy (non-hydrogen) atoms. The van der Waals surface area contributed by atoms with Gasteiger partial charge in [0.25, 0.3) is 0 Å². The van der Waals surface area contributed by atoms with Gasteiger partial charge in [0.1, 0.15) is 0 Å². The van der Waals surface area contributed by atoms with E-state index < -0.39 is 5.97 Å². The summed E-state index contributed by atoms with van der Waals surface area (Å²) in [4.78, 5) is 11.3. The molecule has 0 spiro atoms. The van der Waals surface area contributed by atoms with Gasteiger partial charge in [0.15, 0.2) is 0 Å². The molecule has 2 rings (SSSR count). The van der Waals surface area contributed by atoms with Crippen LogP contribution in [0.2, 0.25) is 0 Å². The van der Waals surface area contributed by atoms with Crippen molar-refractivity contribution in [3.8, 4) is 0 Å². The predicted molar refractivity (Wildman–Crippen MR) is 91.3 cm³/mol. The monoisotopic (exact) mass is 316 g/mol. The largest absolute Gasteiger partial charge is 0.481 e. The van der Waals surface area contributed by atoms with Crippen LogP contribution in [0.1, 0.15) is 25.7 Å². The molecule has 2 aliphatic rings. The summed E-state index contributed by atoms with van der Waals surface area (Å²) in [6.07, 6.45) is 6.89. The highest BCUT2D eigenvalue weighted by molar-refractivity contribution is 8.40. The van der Waals surface area contributed by atoms with Crippen molar-refractivity contribution >= 4 is 48.9 Å². The average molecular weight is 316 g/mol. The molecule has 1 N–H and O–H groups in total. The van der Waals surface area contributed by atoms with Crippen molar-refractivity contribution in [2.24, 2.45) is 26.3 Å². The van der Waals surface area contributed by atoms with Gasteiger partial charge in [-0.05, 0) is 38.2 Å². The lowest BCUT2D eigenvalue weighted by atomic mass is 9.98. The number of aliphatic carboxylic acids is 1. The van der Waals surface area contributed by atoms with Gasteiger partial charge in [-0.15, -0.1) is 10.2 Å². The zero-order valence-corrected chi connectivity index (χ0v) is 13.4. The molecule has 2 atom stereocenters. The number of rotatable bonds is 7. The maximum atomic E-state index is 11.3. The van der Waals surface area contributed by atoms with Crippen LogP contribution in [0.15, 0.2) is 20.4 Å². The first-order chi connectivity index (χ1) is 9.58. The Labute approximate surface area is 123 Å². The van der Waals surface area contributed by atoms with Crippen LogP contribution in [0.25, 0.3) is 0 Å². The molecule has 0 bridgehead atoms. The molecule has 0 aromatic carbocycles. The normalized spacial score (nSPS) is 29.3. The molecular weight excluding hydrogens is 296 g/mol. The lowest BCUT2D eigenvalue weighted by Crippen LogP contribution is -2.16. The van der Waals surface area contributed by atoms with Crippen LogP contribution in [-0.4, -0.2) is 44.8 Å². The van der Waals surface area contributed by atoms with Gasteiger partial charge >= 0.3 is 5.97 Å². The minimum Gasteiger partial charge on any atom is -0.481 e. The van der Waals surface area contributed by atoms with Crippen molar-refractivity contribution in [1.82, 2.24) is 0 Å². The van der Waals surface area contributed by atoms with E-state index >= 15 is 0 Å². The van der Waals surface area contributed by atoms with Gasteiger partial charge in [0.05, 0.1) is 27.1 Å². The Hall–Kier alpha value is -1.15. The van der Waals surface area contributed by atoms with Crippen molar-refractivity contribution in [1.29, 1.82) is 0 Å². The maximum absolute atomic E-state index is 11.3. The molecule has 0 amide bonds. The fourth-order valence-corrected chi connectivity index (χ4v) is 4.09. The van der Waals surface area contributed by atoms with Crippen molar-refractivity contribution in [3.05, 3.63) is 0 Å². The van der Waals surface area contributed by atoms with Gasteiger partial charge < -0.3 is 5.11 Å². The second-order valence-electron chi connectivity index (χ2n) is 4.83. The van der Waals surface area contributed by atoms with Crippen LogP contribution in [0.5, 0.6) is 0 Å². The summed E-state index contributed by atoms with van der Waals surface area (Å²) < 4.78 is 0. The SMILES string of the molecule is C[SH]1C=NN=C1CCC(CCC1=NN=C[SH]1C)C(=O)O. The average Bonchev–Trinajstić information content (AvgIpc) is 2.98. The van der Waals surface area contributed by atoms with Crippen molar-refractivity contribution < 1.29 is 9.90 Å². The topological polar surface area (TPSA) is 86.7 Å². The van der Waals surface area contributed by atoms with Crippen molar-refractivity contribution in [3.63, 3.8) is 0 Å². The van der Waals surface area contributed by atoms with E-state index in [2.05, 4.69) is 32.9 Å². The summed E-state index contributed by atoms with van der Waals surface area (Å²) in [6.45, 7) is 0. The summed E-state index contributed by atoms with van der Waals surface area (Å²) in [7, 11) is -0.757. The molecule has 6 nitrogen and oxygen atoms in total. The van der Waals surface area contributed by atoms with E-state index in [0.29, 0.717) is 12.8 Å². The molecule has 0 aromatic rings. The van der Waals surface area contributed by atoms with Crippen LogP contribution >= 0.6 is 21.8 Å². The molecule has 2 heterocycles. The van der Waals surface area contributed by atoms with Crippen LogP contribution < -0.4 is 0 Å². The molecule has 0 aromatic heterocycles. The third kappa shape index (κ3) is 3.92. The van der Waals surface area contributed by atoms with E-state index in [1.165, 1.54) is 0 Å². The minimum atomic E-state index is -0.732. The summed E-state index contributed by atoms with van der Waals surface area (Å²) in [5.41, 5.74) is 3.71. The van der Waals surface area contributed by atoms with Crippen LogP contribution in [-0.2, 0) is 4.79 Å². The van der Waals surface area contributed by atoms with E-state index in [-0.39, 0.29) is 27.7 Å². The predicted octanol–water partition coefficient (Wildman–Crippen LogP) is 2.22. The Bertz CT molecular complexity index is 464. The summed E-state index contributed by atoms with van der Waals surface area (Å²) in [6, 6.07) is 0. The molecule has 8 heteroatoms. The first-order valence-electron chi connectivity index (χ1n) is 6.46. The summed E-state index contributed by atoms with van der Waals surface area (Å²) in [5, 5.41) is 27.4. The molecule has 2 unspecified atom stereocenters. The number of hydrogen-bond donors (Lipinski definition) is 3. The standard InChI is InChI=1S/C12H20N4O2S2/c1-19-7-13-15-10(19)5-3-9(12(17)18)4-6-11-16-14-8-20(11)2/h7-9,19-20H,3-6H2,1-2H3,(H,17,18). The molecule has 112 valence electrons. The fraction of sp³-hybridized carbons (Fsp3) is 0.583. The third-order valence-electron chi connectivity index (χ3n) is 3.39. The van der Waals surface area contributed by atoms with E-state index in [1.54, 1.807) is 0 Å². The van der Waals surface area contributed by atoms with Gasteiger partial charge in [-0.25, -0.2) is 0 Å². The van der Waals surface area contributed by atoms with Gasteiger partial charge in [0.2, 0.25) is 0 Å². The van der Waals surface area contributed by atoms with E-state index in [9.17, 15) is 9.90 Å². The highest BCUT2D eigenvalue weighted by Gasteiger charge is 2.21. The number of carboxylic acids is 1.